The second kappa shape index (κ2) is 3.73. The highest BCUT2D eigenvalue weighted by Crippen LogP contribution is 2.18. The van der Waals surface area contributed by atoms with Crippen LogP contribution in [0.1, 0.15) is 19.8 Å². The first kappa shape index (κ1) is 8.48. The van der Waals surface area contributed by atoms with Gasteiger partial charge in [0, 0.05) is 6.54 Å². The molecule has 2 heterocycles. The molecule has 3 heteroatoms. The van der Waals surface area contributed by atoms with Crippen molar-refractivity contribution in [2.45, 2.75) is 32.1 Å². The zero-order valence-electron chi connectivity index (χ0n) is 7.68. The van der Waals surface area contributed by atoms with Crippen LogP contribution in [0.5, 0.6) is 0 Å². The Hall–Kier alpha value is -0.120. The van der Waals surface area contributed by atoms with Gasteiger partial charge in [-0.3, -0.25) is 5.32 Å². The van der Waals surface area contributed by atoms with Gasteiger partial charge in [0.05, 0.1) is 6.10 Å². The standard InChI is InChI=1S/C9H18N2O/c1-7-5-11-9(12-7)4-8-2-3-10-6-8/h7-11H,2-6H2,1H3. The zero-order chi connectivity index (χ0) is 8.39. The lowest BCUT2D eigenvalue weighted by atomic mass is 10.0. The van der Waals surface area contributed by atoms with E-state index in [0.717, 1.165) is 12.5 Å². The van der Waals surface area contributed by atoms with Gasteiger partial charge in [-0.2, -0.15) is 0 Å². The molecule has 3 atom stereocenters. The summed E-state index contributed by atoms with van der Waals surface area (Å²) >= 11 is 0. The summed E-state index contributed by atoms with van der Waals surface area (Å²) in [4.78, 5) is 0. The average molecular weight is 170 g/mol. The molecule has 0 radical (unpaired) electrons. The van der Waals surface area contributed by atoms with Gasteiger partial charge in [0.15, 0.2) is 0 Å². The molecule has 0 aromatic carbocycles. The molecule has 0 aromatic heterocycles. The number of ether oxygens (including phenoxy) is 1. The van der Waals surface area contributed by atoms with Gasteiger partial charge in [-0.1, -0.05) is 0 Å². The normalized spacial score (nSPS) is 42.2. The molecule has 2 N–H and O–H groups in total. The summed E-state index contributed by atoms with van der Waals surface area (Å²) in [6.45, 7) is 5.51. The van der Waals surface area contributed by atoms with E-state index in [-0.39, 0.29) is 0 Å². The molecule has 2 aliphatic heterocycles. The summed E-state index contributed by atoms with van der Waals surface area (Å²) in [5.74, 6) is 0.827. The minimum absolute atomic E-state index is 0.324. The predicted octanol–water partition coefficient (Wildman–Crippen LogP) is 0.320. The molecule has 3 unspecified atom stereocenters. The highest BCUT2D eigenvalue weighted by molar-refractivity contribution is 4.77. The van der Waals surface area contributed by atoms with Crippen molar-refractivity contribution < 1.29 is 4.74 Å². The third-order valence-corrected chi connectivity index (χ3v) is 2.74. The fraction of sp³-hybridized carbons (Fsp3) is 1.00. The van der Waals surface area contributed by atoms with Crippen LogP contribution in [-0.4, -0.2) is 32.0 Å². The summed E-state index contributed by atoms with van der Waals surface area (Å²) < 4.78 is 5.68. The van der Waals surface area contributed by atoms with E-state index in [1.807, 2.05) is 0 Å². The average Bonchev–Trinajstić information content (AvgIpc) is 2.63. The van der Waals surface area contributed by atoms with Gasteiger partial charge in [-0.05, 0) is 38.8 Å². The van der Waals surface area contributed by atoms with Gasteiger partial charge in [0.2, 0.25) is 0 Å². The van der Waals surface area contributed by atoms with Gasteiger partial charge in [0.1, 0.15) is 6.23 Å². The van der Waals surface area contributed by atoms with Crippen LogP contribution in [-0.2, 0) is 4.74 Å². The van der Waals surface area contributed by atoms with E-state index in [0.29, 0.717) is 12.3 Å². The predicted molar refractivity (Wildman–Crippen MR) is 47.9 cm³/mol. The molecule has 70 valence electrons. The highest BCUT2D eigenvalue weighted by Gasteiger charge is 2.25. The number of hydrogen-bond acceptors (Lipinski definition) is 3. The van der Waals surface area contributed by atoms with E-state index in [4.69, 9.17) is 4.74 Å². The van der Waals surface area contributed by atoms with Gasteiger partial charge < -0.3 is 10.1 Å². The Bertz CT molecular complexity index is 145. The van der Waals surface area contributed by atoms with Crippen LogP contribution in [0.4, 0.5) is 0 Å². The van der Waals surface area contributed by atoms with Gasteiger partial charge in [0.25, 0.3) is 0 Å². The van der Waals surface area contributed by atoms with Crippen molar-refractivity contribution in [3.8, 4) is 0 Å². The Morgan fingerprint density at radius 3 is 2.92 bits per heavy atom. The molecule has 0 saturated carbocycles. The zero-order valence-corrected chi connectivity index (χ0v) is 7.68. The molecule has 0 amide bonds. The lowest BCUT2D eigenvalue weighted by Gasteiger charge is -2.14. The largest absolute Gasteiger partial charge is 0.359 e. The molecule has 2 fully saturated rings. The minimum Gasteiger partial charge on any atom is -0.359 e. The monoisotopic (exact) mass is 170 g/mol. The Morgan fingerprint density at radius 2 is 2.33 bits per heavy atom. The van der Waals surface area contributed by atoms with Crippen LogP contribution in [0.2, 0.25) is 0 Å². The molecular formula is C9H18N2O. The van der Waals surface area contributed by atoms with Crippen molar-refractivity contribution in [2.24, 2.45) is 5.92 Å². The summed E-state index contributed by atoms with van der Waals surface area (Å²) in [6, 6.07) is 0. The molecule has 2 rings (SSSR count). The van der Waals surface area contributed by atoms with E-state index in [2.05, 4.69) is 17.6 Å². The van der Waals surface area contributed by atoms with Crippen molar-refractivity contribution >= 4 is 0 Å². The second-order valence-electron chi connectivity index (χ2n) is 3.94. The summed E-state index contributed by atoms with van der Waals surface area (Å²) in [5.41, 5.74) is 0. The van der Waals surface area contributed by atoms with E-state index < -0.39 is 0 Å². The van der Waals surface area contributed by atoms with Gasteiger partial charge in [-0.15, -0.1) is 0 Å². The second-order valence-corrected chi connectivity index (χ2v) is 3.94. The van der Waals surface area contributed by atoms with Crippen molar-refractivity contribution in [1.29, 1.82) is 0 Å². The molecule has 3 nitrogen and oxygen atoms in total. The summed E-state index contributed by atoms with van der Waals surface area (Å²) in [6.07, 6.45) is 3.22. The van der Waals surface area contributed by atoms with E-state index >= 15 is 0 Å². The first-order valence-electron chi connectivity index (χ1n) is 4.94. The van der Waals surface area contributed by atoms with Gasteiger partial charge >= 0.3 is 0 Å². The first-order valence-corrected chi connectivity index (χ1v) is 4.94. The molecule has 0 aliphatic carbocycles. The molecule has 12 heavy (non-hydrogen) atoms. The minimum atomic E-state index is 0.324. The molecule has 2 saturated heterocycles. The molecule has 0 bridgehead atoms. The van der Waals surface area contributed by atoms with Crippen LogP contribution in [0.15, 0.2) is 0 Å². The maximum Gasteiger partial charge on any atom is 0.108 e. The highest BCUT2D eigenvalue weighted by atomic mass is 16.5. The van der Waals surface area contributed by atoms with Crippen molar-refractivity contribution in [1.82, 2.24) is 10.6 Å². The summed E-state index contributed by atoms with van der Waals surface area (Å²) in [5, 5.41) is 6.76. The Labute approximate surface area is 73.9 Å². The number of hydrogen-bond donors (Lipinski definition) is 2. The number of nitrogens with one attached hydrogen (secondary N) is 2. The SMILES string of the molecule is CC1CNC(CC2CCNC2)O1. The van der Waals surface area contributed by atoms with Crippen molar-refractivity contribution in [2.75, 3.05) is 19.6 Å². The molecular weight excluding hydrogens is 152 g/mol. The smallest absolute Gasteiger partial charge is 0.108 e. The van der Waals surface area contributed by atoms with E-state index in [1.165, 1.54) is 25.9 Å². The lowest BCUT2D eigenvalue weighted by molar-refractivity contribution is 0.0373. The molecule has 2 aliphatic rings. The fourth-order valence-electron chi connectivity index (χ4n) is 2.03. The van der Waals surface area contributed by atoms with Crippen LogP contribution < -0.4 is 10.6 Å². The topological polar surface area (TPSA) is 33.3 Å². The maximum absolute atomic E-state index is 5.68. The van der Waals surface area contributed by atoms with Gasteiger partial charge in [-0.25, -0.2) is 0 Å². The third-order valence-electron chi connectivity index (χ3n) is 2.74. The Morgan fingerprint density at radius 1 is 1.42 bits per heavy atom. The van der Waals surface area contributed by atoms with Crippen LogP contribution in [0.3, 0.4) is 0 Å². The van der Waals surface area contributed by atoms with Crippen LogP contribution >= 0.6 is 0 Å². The van der Waals surface area contributed by atoms with Crippen LogP contribution in [0.25, 0.3) is 0 Å². The first-order chi connectivity index (χ1) is 5.84. The van der Waals surface area contributed by atoms with Crippen molar-refractivity contribution in [3.05, 3.63) is 0 Å². The Balaban J connectivity index is 1.72. The quantitative estimate of drug-likeness (QED) is 0.626. The van der Waals surface area contributed by atoms with E-state index in [1.54, 1.807) is 0 Å². The van der Waals surface area contributed by atoms with Crippen LogP contribution in [0, 0.1) is 5.92 Å². The van der Waals surface area contributed by atoms with Crippen molar-refractivity contribution in [3.63, 3.8) is 0 Å². The van der Waals surface area contributed by atoms with E-state index in [9.17, 15) is 0 Å². The lowest BCUT2D eigenvalue weighted by Crippen LogP contribution is -2.26. The maximum atomic E-state index is 5.68. The fourth-order valence-corrected chi connectivity index (χ4v) is 2.03. The molecule has 0 aromatic rings. The third kappa shape index (κ3) is 1.97. The Kier molecular flexibility index (Phi) is 2.63. The molecule has 0 spiro atoms. The summed E-state index contributed by atoms with van der Waals surface area (Å²) in [7, 11) is 0. The number of rotatable bonds is 2.